The van der Waals surface area contributed by atoms with Crippen LogP contribution in [0.5, 0.6) is 0 Å². The van der Waals surface area contributed by atoms with Crippen molar-refractivity contribution < 1.29 is 28.5 Å². The van der Waals surface area contributed by atoms with Crippen LogP contribution >= 0.6 is 0 Å². The van der Waals surface area contributed by atoms with Crippen molar-refractivity contribution in [3.05, 3.63) is 59.7 Å². The number of nitrogens with one attached hydrogen (secondary N) is 1. The number of alkyl carbamates (subject to hydrolysis) is 1. The maximum atomic E-state index is 12.5. The molecule has 0 spiro atoms. The smallest absolute Gasteiger partial charge is 0.407 e. The van der Waals surface area contributed by atoms with Crippen LogP contribution in [0.25, 0.3) is 11.1 Å². The van der Waals surface area contributed by atoms with Crippen molar-refractivity contribution in [1.29, 1.82) is 0 Å². The molecule has 0 radical (unpaired) electrons. The van der Waals surface area contributed by atoms with Crippen molar-refractivity contribution in [2.24, 2.45) is 0 Å². The number of carbonyl (C=O) groups excluding carboxylic acids is 2. The molecule has 1 amide bonds. The highest BCUT2D eigenvalue weighted by Gasteiger charge is 2.46. The van der Waals surface area contributed by atoms with Gasteiger partial charge in [-0.3, -0.25) is 0 Å². The van der Waals surface area contributed by atoms with E-state index in [1.165, 1.54) is 11.1 Å². The number of rotatable bonds is 6. The molecule has 1 N–H and O–H groups in total. The molecule has 0 unspecified atom stereocenters. The third-order valence-electron chi connectivity index (χ3n) is 5.56. The lowest BCUT2D eigenvalue weighted by Crippen LogP contribution is -2.42. The van der Waals surface area contributed by atoms with Crippen molar-refractivity contribution in [3.63, 3.8) is 0 Å². The molecule has 1 saturated heterocycles. The van der Waals surface area contributed by atoms with Gasteiger partial charge in [0, 0.05) is 5.92 Å². The van der Waals surface area contributed by atoms with Gasteiger partial charge in [-0.05, 0) is 49.9 Å². The number of carbonyl (C=O) groups is 2. The zero-order valence-electron chi connectivity index (χ0n) is 18.8. The van der Waals surface area contributed by atoms with Crippen LogP contribution in [0.15, 0.2) is 48.5 Å². The molecular weight excluding hydrogens is 410 g/mol. The Labute approximate surface area is 188 Å². The third kappa shape index (κ3) is 4.64. The molecule has 2 aliphatic rings. The maximum absolute atomic E-state index is 12.5. The van der Waals surface area contributed by atoms with Crippen molar-refractivity contribution >= 4 is 12.1 Å². The Hall–Kier alpha value is -2.90. The molecule has 32 heavy (non-hydrogen) atoms. The summed E-state index contributed by atoms with van der Waals surface area (Å²) in [5, 5.41) is 2.70. The van der Waals surface area contributed by atoms with E-state index in [-0.39, 0.29) is 25.2 Å². The zero-order chi connectivity index (χ0) is 22.9. The quantitative estimate of drug-likeness (QED) is 0.685. The minimum absolute atomic E-state index is 0.0214. The summed E-state index contributed by atoms with van der Waals surface area (Å²) < 4.78 is 22.3. The molecule has 2 aromatic rings. The van der Waals surface area contributed by atoms with Crippen LogP contribution in [-0.4, -0.2) is 49.3 Å². The van der Waals surface area contributed by atoms with Gasteiger partial charge in [-0.25, -0.2) is 9.59 Å². The Kier molecular flexibility index (Phi) is 6.22. The van der Waals surface area contributed by atoms with Gasteiger partial charge in [-0.2, -0.15) is 0 Å². The highest BCUT2D eigenvalue weighted by atomic mass is 16.8. The van der Waals surface area contributed by atoms with Crippen LogP contribution in [0.3, 0.4) is 0 Å². The van der Waals surface area contributed by atoms with Gasteiger partial charge in [0.05, 0.1) is 12.6 Å². The largest absolute Gasteiger partial charge is 0.461 e. The molecule has 2 atom stereocenters. The third-order valence-corrected chi connectivity index (χ3v) is 5.56. The van der Waals surface area contributed by atoms with Gasteiger partial charge in [0.2, 0.25) is 0 Å². The number of fused-ring (bicyclic) bond motifs is 3. The van der Waals surface area contributed by atoms with Gasteiger partial charge in [-0.15, -0.1) is 0 Å². The first-order chi connectivity index (χ1) is 15.2. The van der Waals surface area contributed by atoms with Crippen LogP contribution < -0.4 is 5.32 Å². The molecule has 0 bridgehead atoms. The highest BCUT2D eigenvalue weighted by Crippen LogP contribution is 2.44. The Morgan fingerprint density at radius 2 is 1.59 bits per heavy atom. The van der Waals surface area contributed by atoms with Gasteiger partial charge < -0.3 is 24.3 Å². The average Bonchev–Trinajstić information content (AvgIpc) is 3.24. The van der Waals surface area contributed by atoms with E-state index < -0.39 is 30.1 Å². The lowest BCUT2D eigenvalue weighted by atomic mass is 9.98. The molecule has 1 aliphatic heterocycles. The predicted molar refractivity (Wildman–Crippen MR) is 118 cm³/mol. The molecular formula is C25H29NO6. The Morgan fingerprint density at radius 3 is 2.19 bits per heavy atom. The summed E-state index contributed by atoms with van der Waals surface area (Å²) in [7, 11) is 0. The van der Waals surface area contributed by atoms with Crippen LogP contribution in [0.2, 0.25) is 0 Å². The maximum Gasteiger partial charge on any atom is 0.407 e. The molecule has 7 nitrogen and oxygen atoms in total. The van der Waals surface area contributed by atoms with Crippen molar-refractivity contribution in [3.8, 4) is 11.1 Å². The number of hydrogen-bond donors (Lipinski definition) is 1. The van der Waals surface area contributed by atoms with E-state index in [0.29, 0.717) is 0 Å². The fraction of sp³-hybridized carbons (Fsp3) is 0.440. The van der Waals surface area contributed by atoms with E-state index in [4.69, 9.17) is 18.9 Å². The number of esters is 1. The molecule has 0 aromatic heterocycles. The summed E-state index contributed by atoms with van der Waals surface area (Å²) in [6.45, 7) is 7.25. The number of amides is 1. The zero-order valence-corrected chi connectivity index (χ0v) is 18.8. The summed E-state index contributed by atoms with van der Waals surface area (Å²) in [4.78, 5) is 24.8. The molecule has 0 saturated carbocycles. The summed E-state index contributed by atoms with van der Waals surface area (Å²) in [6, 6.07) is 16.3. The van der Waals surface area contributed by atoms with Crippen LogP contribution in [0, 0.1) is 0 Å². The van der Waals surface area contributed by atoms with E-state index in [9.17, 15) is 9.59 Å². The van der Waals surface area contributed by atoms with Crippen molar-refractivity contribution in [2.45, 2.75) is 57.7 Å². The van der Waals surface area contributed by atoms with E-state index in [1.807, 2.05) is 24.3 Å². The minimum atomic E-state index is -0.950. The van der Waals surface area contributed by atoms with Crippen molar-refractivity contribution in [1.82, 2.24) is 5.32 Å². The van der Waals surface area contributed by atoms with Gasteiger partial charge in [0.1, 0.15) is 12.7 Å². The van der Waals surface area contributed by atoms with Crippen molar-refractivity contribution in [2.75, 3.05) is 13.2 Å². The number of hydrogen-bond acceptors (Lipinski definition) is 6. The van der Waals surface area contributed by atoms with Gasteiger partial charge >= 0.3 is 12.1 Å². The second kappa shape index (κ2) is 8.92. The van der Waals surface area contributed by atoms with Crippen LogP contribution in [0.1, 0.15) is 44.7 Å². The summed E-state index contributed by atoms with van der Waals surface area (Å²) in [6.07, 6.45) is -2.43. The molecule has 2 aromatic carbocycles. The second-order valence-electron chi connectivity index (χ2n) is 8.79. The normalized spacial score (nSPS) is 21.2. The van der Waals surface area contributed by atoms with Gasteiger partial charge in [-0.1, -0.05) is 48.5 Å². The van der Waals surface area contributed by atoms with E-state index in [0.717, 1.165) is 11.1 Å². The van der Waals surface area contributed by atoms with Gasteiger partial charge in [0.15, 0.2) is 11.9 Å². The summed E-state index contributed by atoms with van der Waals surface area (Å²) >= 11 is 0. The van der Waals surface area contributed by atoms with E-state index in [2.05, 4.69) is 29.6 Å². The number of benzene rings is 2. The molecule has 4 rings (SSSR count). The Bertz CT molecular complexity index is 956. The monoisotopic (exact) mass is 439 g/mol. The molecule has 1 fully saturated rings. The SMILES string of the molecule is CC(C)OC(=O)[C@@H]1OC(C)(C)O[C@H]1CNC(=O)OCC1c2ccccc2-c2ccccc21. The first-order valence-corrected chi connectivity index (χ1v) is 10.9. The molecule has 1 aliphatic carbocycles. The Balaban J connectivity index is 1.36. The molecule has 170 valence electrons. The van der Waals surface area contributed by atoms with Crippen LogP contribution in [-0.2, 0) is 23.7 Å². The van der Waals surface area contributed by atoms with E-state index in [1.54, 1.807) is 27.7 Å². The minimum Gasteiger partial charge on any atom is -0.461 e. The lowest BCUT2D eigenvalue weighted by Gasteiger charge is -2.18. The predicted octanol–water partition coefficient (Wildman–Crippen LogP) is 4.00. The lowest BCUT2D eigenvalue weighted by molar-refractivity contribution is -0.173. The topological polar surface area (TPSA) is 83.1 Å². The first kappa shape index (κ1) is 22.3. The average molecular weight is 440 g/mol. The van der Waals surface area contributed by atoms with E-state index >= 15 is 0 Å². The first-order valence-electron chi connectivity index (χ1n) is 10.9. The fourth-order valence-corrected chi connectivity index (χ4v) is 4.32. The Morgan fingerprint density at radius 1 is 1.00 bits per heavy atom. The standard InChI is InChI=1S/C25H29NO6/c1-15(2)30-23(27)22-21(31-25(3,4)32-22)13-26-24(28)29-14-20-18-11-7-5-9-16(18)17-10-6-8-12-19(17)20/h5-12,15,20-22H,13-14H2,1-4H3,(H,26,28)/t21-,22+/m0/s1. The van der Waals surface area contributed by atoms with Gasteiger partial charge in [0.25, 0.3) is 0 Å². The molecule has 7 heteroatoms. The summed E-state index contributed by atoms with van der Waals surface area (Å²) in [5.74, 6) is -1.48. The van der Waals surface area contributed by atoms with Crippen LogP contribution in [0.4, 0.5) is 4.79 Å². The summed E-state index contributed by atoms with van der Waals surface area (Å²) in [5.41, 5.74) is 4.63. The number of ether oxygens (including phenoxy) is 4. The second-order valence-corrected chi connectivity index (χ2v) is 8.79. The highest BCUT2D eigenvalue weighted by molar-refractivity contribution is 5.79. The fourth-order valence-electron chi connectivity index (χ4n) is 4.32. The molecule has 1 heterocycles.